The van der Waals surface area contributed by atoms with Crippen LogP contribution in [0.4, 0.5) is 0 Å². The third kappa shape index (κ3) is 2.94. The van der Waals surface area contributed by atoms with Crippen LogP contribution in [0.1, 0.15) is 39.5 Å². The highest BCUT2D eigenvalue weighted by Crippen LogP contribution is 2.35. The highest BCUT2D eigenvalue weighted by Gasteiger charge is 2.36. The van der Waals surface area contributed by atoms with Crippen LogP contribution in [0.5, 0.6) is 5.75 Å². The first kappa shape index (κ1) is 16.6. The number of aryl methyl sites for hydroxylation is 1. The highest BCUT2D eigenvalue weighted by atomic mass is 16.5. The van der Waals surface area contributed by atoms with Crippen molar-refractivity contribution in [1.29, 1.82) is 0 Å². The van der Waals surface area contributed by atoms with E-state index in [2.05, 4.69) is 11.4 Å². The summed E-state index contributed by atoms with van der Waals surface area (Å²) in [6.45, 7) is 1.20. The Bertz CT molecular complexity index is 862. The Morgan fingerprint density at radius 2 is 2.12 bits per heavy atom. The van der Waals surface area contributed by atoms with Crippen molar-refractivity contribution >= 4 is 11.8 Å². The molecule has 1 N–H and O–H groups in total. The number of ether oxygens (including phenoxy) is 1. The first-order valence-electron chi connectivity index (χ1n) is 9.00. The molecule has 0 saturated heterocycles. The fraction of sp³-hybridized carbons (Fsp3) is 0.333. The van der Waals surface area contributed by atoms with Crippen molar-refractivity contribution in [2.75, 3.05) is 20.2 Å². The summed E-state index contributed by atoms with van der Waals surface area (Å²) in [5, 5.41) is 2.92. The van der Waals surface area contributed by atoms with Gasteiger partial charge in [0.25, 0.3) is 5.91 Å². The molecular weight excluding hydrogens is 328 g/mol. The van der Waals surface area contributed by atoms with Crippen molar-refractivity contribution in [3.63, 3.8) is 0 Å². The first-order chi connectivity index (χ1) is 12.7. The Kier molecular flexibility index (Phi) is 4.37. The van der Waals surface area contributed by atoms with E-state index in [1.54, 1.807) is 7.11 Å². The average molecular weight is 350 g/mol. The number of benzene rings is 2. The van der Waals surface area contributed by atoms with E-state index >= 15 is 0 Å². The number of hydrogen-bond acceptors (Lipinski definition) is 3. The topological polar surface area (TPSA) is 58.6 Å². The molecule has 0 radical (unpaired) electrons. The fourth-order valence-corrected chi connectivity index (χ4v) is 3.99. The molecule has 2 aliphatic heterocycles. The van der Waals surface area contributed by atoms with Crippen LogP contribution in [0.3, 0.4) is 0 Å². The van der Waals surface area contributed by atoms with Crippen LogP contribution >= 0.6 is 0 Å². The van der Waals surface area contributed by atoms with Crippen LogP contribution in [-0.2, 0) is 17.6 Å². The number of nitrogens with zero attached hydrogens (tertiary/aromatic N) is 1. The molecule has 2 aliphatic rings. The minimum atomic E-state index is -0.0505. The molecule has 0 saturated carbocycles. The van der Waals surface area contributed by atoms with Gasteiger partial charge in [-0.3, -0.25) is 9.59 Å². The van der Waals surface area contributed by atoms with Gasteiger partial charge in [-0.05, 0) is 47.7 Å². The Balaban J connectivity index is 1.51. The first-order valence-corrected chi connectivity index (χ1v) is 9.00. The molecule has 2 heterocycles. The second kappa shape index (κ2) is 6.83. The fourth-order valence-electron chi connectivity index (χ4n) is 3.99. The number of methoxy groups -OCH3 is 1. The maximum atomic E-state index is 12.9. The second-order valence-corrected chi connectivity index (χ2v) is 6.79. The van der Waals surface area contributed by atoms with Crippen molar-refractivity contribution < 1.29 is 14.3 Å². The SMILES string of the molecule is COc1cccc(CCC(=O)N2CCc3cccc4c3C2CNC4=O)c1. The van der Waals surface area contributed by atoms with Gasteiger partial charge in [0.15, 0.2) is 0 Å². The lowest BCUT2D eigenvalue weighted by molar-refractivity contribution is -0.134. The molecule has 4 rings (SSSR count). The van der Waals surface area contributed by atoms with Gasteiger partial charge >= 0.3 is 0 Å². The molecule has 5 heteroatoms. The molecule has 134 valence electrons. The van der Waals surface area contributed by atoms with Gasteiger partial charge < -0.3 is 15.0 Å². The normalized spacial score (nSPS) is 18.1. The predicted molar refractivity (Wildman–Crippen MR) is 98.2 cm³/mol. The molecule has 1 atom stereocenters. The molecule has 26 heavy (non-hydrogen) atoms. The molecule has 0 spiro atoms. The van der Waals surface area contributed by atoms with Gasteiger partial charge in [0.2, 0.25) is 5.91 Å². The number of nitrogens with one attached hydrogen (secondary N) is 1. The summed E-state index contributed by atoms with van der Waals surface area (Å²) in [6, 6.07) is 13.6. The third-order valence-corrected chi connectivity index (χ3v) is 5.31. The van der Waals surface area contributed by atoms with Crippen LogP contribution in [0.15, 0.2) is 42.5 Å². The van der Waals surface area contributed by atoms with Crippen molar-refractivity contribution in [3.8, 4) is 5.75 Å². The molecule has 0 fully saturated rings. The lowest BCUT2D eigenvalue weighted by atomic mass is 9.85. The van der Waals surface area contributed by atoms with Crippen molar-refractivity contribution in [2.45, 2.75) is 25.3 Å². The van der Waals surface area contributed by atoms with Gasteiger partial charge in [-0.15, -0.1) is 0 Å². The van der Waals surface area contributed by atoms with Gasteiger partial charge in [-0.2, -0.15) is 0 Å². The molecule has 0 aromatic heterocycles. The molecule has 0 bridgehead atoms. The average Bonchev–Trinajstić information content (AvgIpc) is 2.69. The highest BCUT2D eigenvalue weighted by molar-refractivity contribution is 5.98. The van der Waals surface area contributed by atoms with E-state index in [1.165, 1.54) is 5.56 Å². The molecule has 0 aliphatic carbocycles. The number of amides is 2. The second-order valence-electron chi connectivity index (χ2n) is 6.79. The van der Waals surface area contributed by atoms with Crippen LogP contribution < -0.4 is 10.1 Å². The zero-order chi connectivity index (χ0) is 18.1. The van der Waals surface area contributed by atoms with Gasteiger partial charge in [-0.25, -0.2) is 0 Å². The summed E-state index contributed by atoms with van der Waals surface area (Å²) in [5.74, 6) is 0.902. The van der Waals surface area contributed by atoms with Crippen LogP contribution in [0.2, 0.25) is 0 Å². The maximum Gasteiger partial charge on any atom is 0.251 e. The smallest absolute Gasteiger partial charge is 0.251 e. The molecule has 1 unspecified atom stereocenters. The lowest BCUT2D eigenvalue weighted by Crippen LogP contribution is -2.49. The summed E-state index contributed by atoms with van der Waals surface area (Å²) in [6.07, 6.45) is 1.94. The van der Waals surface area contributed by atoms with Gasteiger partial charge in [0.05, 0.1) is 13.2 Å². The van der Waals surface area contributed by atoms with Crippen LogP contribution in [-0.4, -0.2) is 36.9 Å². The number of rotatable bonds is 4. The van der Waals surface area contributed by atoms with E-state index < -0.39 is 0 Å². The third-order valence-electron chi connectivity index (χ3n) is 5.31. The maximum absolute atomic E-state index is 12.9. The summed E-state index contributed by atoms with van der Waals surface area (Å²) in [4.78, 5) is 27.0. The van der Waals surface area contributed by atoms with Crippen LogP contribution in [0, 0.1) is 0 Å². The number of carbonyl (C=O) groups excluding carboxylic acids is 2. The Morgan fingerprint density at radius 1 is 1.27 bits per heavy atom. The summed E-state index contributed by atoms with van der Waals surface area (Å²) < 4.78 is 5.25. The quantitative estimate of drug-likeness (QED) is 0.922. The zero-order valence-electron chi connectivity index (χ0n) is 14.8. The molecule has 5 nitrogen and oxygen atoms in total. The van der Waals surface area contributed by atoms with Gasteiger partial charge in [0, 0.05) is 25.1 Å². The largest absolute Gasteiger partial charge is 0.497 e. The molecule has 2 aromatic rings. The zero-order valence-corrected chi connectivity index (χ0v) is 14.8. The lowest BCUT2D eigenvalue weighted by Gasteiger charge is -2.40. The van der Waals surface area contributed by atoms with Crippen LogP contribution in [0.25, 0.3) is 0 Å². The molecule has 2 amide bonds. The standard InChI is InChI=1S/C21H22N2O3/c1-26-16-6-2-4-14(12-16)8-9-19(24)23-11-10-15-5-3-7-17-20(15)18(23)13-22-21(17)25/h2-7,12,18H,8-11,13H2,1H3,(H,22,25). The predicted octanol–water partition coefficient (Wildman–Crippen LogP) is 2.50. The minimum absolute atomic E-state index is 0.0382. The van der Waals surface area contributed by atoms with E-state index in [0.717, 1.165) is 23.3 Å². The Morgan fingerprint density at radius 3 is 2.96 bits per heavy atom. The van der Waals surface area contributed by atoms with E-state index in [4.69, 9.17) is 4.74 Å². The summed E-state index contributed by atoms with van der Waals surface area (Å²) >= 11 is 0. The van der Waals surface area contributed by atoms with E-state index in [1.807, 2.05) is 41.3 Å². The van der Waals surface area contributed by atoms with E-state index in [-0.39, 0.29) is 17.9 Å². The minimum Gasteiger partial charge on any atom is -0.497 e. The summed E-state index contributed by atoms with van der Waals surface area (Å²) in [5.41, 5.74) is 4.04. The Labute approximate surface area is 153 Å². The molecule has 2 aromatic carbocycles. The number of carbonyl (C=O) groups is 2. The van der Waals surface area contributed by atoms with Crippen molar-refractivity contribution in [1.82, 2.24) is 10.2 Å². The Hall–Kier alpha value is -2.82. The van der Waals surface area contributed by atoms with E-state index in [9.17, 15) is 9.59 Å². The van der Waals surface area contributed by atoms with Gasteiger partial charge in [-0.1, -0.05) is 24.3 Å². The monoisotopic (exact) mass is 350 g/mol. The molecular formula is C21H22N2O3. The summed E-state index contributed by atoms with van der Waals surface area (Å²) in [7, 11) is 1.64. The van der Waals surface area contributed by atoms with Gasteiger partial charge in [0.1, 0.15) is 5.75 Å². The van der Waals surface area contributed by atoms with E-state index in [0.29, 0.717) is 31.5 Å². The van der Waals surface area contributed by atoms with Crippen molar-refractivity contribution in [2.24, 2.45) is 0 Å². The number of hydrogen-bond donors (Lipinski definition) is 1. The van der Waals surface area contributed by atoms with Crippen molar-refractivity contribution in [3.05, 3.63) is 64.7 Å².